The van der Waals surface area contributed by atoms with E-state index in [2.05, 4.69) is 0 Å². The molecular formula is C19H17O3P. The molecule has 0 unspecified atom stereocenters. The molecule has 3 aromatic rings. The van der Waals surface area contributed by atoms with Crippen LogP contribution in [0.2, 0.25) is 0 Å². The molecule has 0 saturated heterocycles. The first-order chi connectivity index (χ1) is 11.0. The minimum Gasteiger partial charge on any atom is -0.469 e. The van der Waals surface area contributed by atoms with E-state index in [1.165, 1.54) is 6.26 Å². The van der Waals surface area contributed by atoms with Crippen LogP contribution in [0.5, 0.6) is 0 Å². The smallest absolute Gasteiger partial charge is 0.233 e. The van der Waals surface area contributed by atoms with Crippen LogP contribution in [0.15, 0.2) is 71.3 Å². The van der Waals surface area contributed by atoms with Crippen molar-refractivity contribution in [1.82, 2.24) is 0 Å². The topological polar surface area (TPSA) is 47.3 Å². The Balaban J connectivity index is 2.26. The monoisotopic (exact) mass is 324 g/mol. The van der Waals surface area contributed by atoms with Gasteiger partial charge in [-0.05, 0) is 19.4 Å². The number of aryl methyl sites for hydroxylation is 2. The van der Waals surface area contributed by atoms with Gasteiger partial charge >= 0.3 is 0 Å². The summed E-state index contributed by atoms with van der Waals surface area (Å²) in [7, 11) is -3.46. The van der Waals surface area contributed by atoms with Crippen molar-refractivity contribution in [2.75, 3.05) is 0 Å². The van der Waals surface area contributed by atoms with Gasteiger partial charge in [0, 0.05) is 10.6 Å². The van der Waals surface area contributed by atoms with Crippen LogP contribution in [-0.4, -0.2) is 5.52 Å². The quantitative estimate of drug-likeness (QED) is 0.680. The van der Waals surface area contributed by atoms with Gasteiger partial charge in [0.25, 0.3) is 0 Å². The number of furan rings is 1. The first kappa shape index (κ1) is 15.5. The summed E-state index contributed by atoms with van der Waals surface area (Å²) in [5.41, 5.74) is 0.749. The van der Waals surface area contributed by atoms with Gasteiger partial charge in [-0.25, -0.2) is 0 Å². The molecule has 4 heteroatoms. The van der Waals surface area contributed by atoms with Crippen LogP contribution in [0.1, 0.15) is 21.7 Å². The second-order valence-corrected chi connectivity index (χ2v) is 8.09. The molecule has 0 fully saturated rings. The summed E-state index contributed by atoms with van der Waals surface area (Å²) in [6.07, 6.45) is 1.53. The zero-order valence-corrected chi connectivity index (χ0v) is 13.9. The molecule has 0 aliphatic heterocycles. The highest BCUT2D eigenvalue weighted by molar-refractivity contribution is 7.93. The summed E-state index contributed by atoms with van der Waals surface area (Å²) in [5.74, 6) is 0.500. The molecule has 0 atom stereocenters. The normalized spacial score (nSPS) is 11.4. The van der Waals surface area contributed by atoms with E-state index >= 15 is 0 Å². The second-order valence-electron chi connectivity index (χ2n) is 5.44. The fourth-order valence-corrected chi connectivity index (χ4v) is 5.31. The largest absolute Gasteiger partial charge is 0.469 e. The van der Waals surface area contributed by atoms with Crippen LogP contribution in [0.4, 0.5) is 0 Å². The van der Waals surface area contributed by atoms with Gasteiger partial charge in [0.15, 0.2) is 0 Å². The lowest BCUT2D eigenvalue weighted by atomic mass is 10.2. The van der Waals surface area contributed by atoms with Gasteiger partial charge in [0.1, 0.15) is 5.76 Å². The van der Waals surface area contributed by atoms with E-state index in [1.54, 1.807) is 62.4 Å². The molecular weight excluding hydrogens is 307 g/mol. The Labute approximate surface area is 135 Å². The molecule has 3 nitrogen and oxygen atoms in total. The van der Waals surface area contributed by atoms with Crippen molar-refractivity contribution in [3.8, 4) is 0 Å². The van der Waals surface area contributed by atoms with E-state index in [0.29, 0.717) is 27.5 Å². The molecule has 0 bridgehead atoms. The van der Waals surface area contributed by atoms with Gasteiger partial charge < -0.3 is 8.98 Å². The lowest BCUT2D eigenvalue weighted by Gasteiger charge is -2.18. The third-order valence-corrected chi connectivity index (χ3v) is 6.74. The third-order valence-electron chi connectivity index (χ3n) is 3.90. The average molecular weight is 324 g/mol. The van der Waals surface area contributed by atoms with Crippen molar-refractivity contribution < 1.29 is 13.8 Å². The molecule has 116 valence electrons. The summed E-state index contributed by atoms with van der Waals surface area (Å²) < 4.78 is 19.3. The summed E-state index contributed by atoms with van der Waals surface area (Å²) >= 11 is 0. The molecule has 3 rings (SSSR count). The Morgan fingerprint density at radius 1 is 0.870 bits per heavy atom. The predicted molar refractivity (Wildman–Crippen MR) is 92.3 cm³/mol. The Hall–Kier alpha value is -2.38. The molecule has 1 heterocycles. The van der Waals surface area contributed by atoms with E-state index in [0.717, 1.165) is 0 Å². The van der Waals surface area contributed by atoms with Crippen LogP contribution in [0.25, 0.3) is 0 Å². The average Bonchev–Trinajstić information content (AvgIpc) is 2.93. The van der Waals surface area contributed by atoms with Gasteiger partial charge in [-0.3, -0.25) is 4.79 Å². The van der Waals surface area contributed by atoms with Crippen LogP contribution < -0.4 is 10.6 Å². The van der Waals surface area contributed by atoms with Gasteiger partial charge in [-0.15, -0.1) is 0 Å². The van der Waals surface area contributed by atoms with E-state index in [-0.39, 0.29) is 5.52 Å². The van der Waals surface area contributed by atoms with Crippen LogP contribution in [0, 0.1) is 13.8 Å². The van der Waals surface area contributed by atoms with Crippen molar-refractivity contribution in [3.63, 3.8) is 0 Å². The summed E-state index contributed by atoms with van der Waals surface area (Å²) in [4.78, 5) is 13.2. The number of rotatable bonds is 4. The highest BCUT2D eigenvalue weighted by Gasteiger charge is 2.38. The van der Waals surface area contributed by atoms with E-state index in [9.17, 15) is 9.36 Å². The molecule has 0 spiro atoms. The number of carbonyl (C=O) groups is 1. The zero-order chi connectivity index (χ0) is 16.4. The zero-order valence-electron chi connectivity index (χ0n) is 13.0. The molecule has 2 aromatic carbocycles. The third kappa shape index (κ3) is 2.58. The highest BCUT2D eigenvalue weighted by atomic mass is 31.2. The van der Waals surface area contributed by atoms with E-state index in [4.69, 9.17) is 4.42 Å². The summed E-state index contributed by atoms with van der Waals surface area (Å²) in [6.45, 7) is 3.52. The van der Waals surface area contributed by atoms with E-state index in [1.807, 2.05) is 12.1 Å². The number of hydrogen-bond donors (Lipinski definition) is 0. The lowest BCUT2D eigenvalue weighted by Crippen LogP contribution is -2.23. The maximum atomic E-state index is 13.9. The number of hydrogen-bond acceptors (Lipinski definition) is 3. The maximum absolute atomic E-state index is 13.9. The number of carbonyl (C=O) groups excluding carboxylic acids is 1. The second kappa shape index (κ2) is 6.02. The molecule has 0 saturated carbocycles. The van der Waals surface area contributed by atoms with E-state index < -0.39 is 7.14 Å². The van der Waals surface area contributed by atoms with Crippen molar-refractivity contribution in [2.45, 2.75) is 13.8 Å². The van der Waals surface area contributed by atoms with Crippen molar-refractivity contribution in [1.29, 1.82) is 0 Å². The fourth-order valence-electron chi connectivity index (χ4n) is 2.71. The predicted octanol–water partition coefficient (Wildman–Crippen LogP) is 4.05. The van der Waals surface area contributed by atoms with Gasteiger partial charge in [0.05, 0.1) is 11.8 Å². The van der Waals surface area contributed by atoms with Gasteiger partial charge in [-0.2, -0.15) is 0 Å². The van der Waals surface area contributed by atoms with Crippen molar-refractivity contribution in [2.24, 2.45) is 0 Å². The number of benzene rings is 2. The maximum Gasteiger partial charge on any atom is 0.233 e. The molecule has 0 radical (unpaired) electrons. The first-order valence-corrected chi connectivity index (χ1v) is 9.06. The Morgan fingerprint density at radius 3 is 1.74 bits per heavy atom. The molecule has 1 aromatic heterocycles. The Bertz CT molecular complexity index is 816. The minimum absolute atomic E-state index is 0.376. The van der Waals surface area contributed by atoms with Gasteiger partial charge in [0.2, 0.25) is 12.7 Å². The van der Waals surface area contributed by atoms with Crippen LogP contribution in [-0.2, 0) is 4.57 Å². The minimum atomic E-state index is -3.46. The van der Waals surface area contributed by atoms with Crippen molar-refractivity contribution in [3.05, 3.63) is 83.8 Å². The van der Waals surface area contributed by atoms with Crippen LogP contribution in [0.3, 0.4) is 0 Å². The van der Waals surface area contributed by atoms with Crippen LogP contribution >= 0.6 is 7.14 Å². The molecule has 0 N–H and O–H groups in total. The Kier molecular flexibility index (Phi) is 4.06. The molecule has 0 aliphatic carbocycles. The summed E-state index contributed by atoms with van der Waals surface area (Å²) in [6, 6.07) is 17.9. The summed E-state index contributed by atoms with van der Waals surface area (Å²) in [5, 5.41) is 1.08. The van der Waals surface area contributed by atoms with Crippen molar-refractivity contribution >= 4 is 23.3 Å². The molecule has 0 aliphatic rings. The first-order valence-electron chi connectivity index (χ1n) is 7.36. The standard InChI is InChI=1S/C19H17O3P/c1-14-13-22-15(2)18(14)19(20)23(21,16-9-5-3-6-10-16)17-11-7-4-8-12-17/h3-13H,1-2H3. The molecule has 23 heavy (non-hydrogen) atoms. The Morgan fingerprint density at radius 2 is 1.35 bits per heavy atom. The molecule has 0 amide bonds. The SMILES string of the molecule is Cc1coc(C)c1C(=O)P(=O)(c1ccccc1)c1ccccc1. The fraction of sp³-hybridized carbons (Fsp3) is 0.105. The van der Waals surface area contributed by atoms with Gasteiger partial charge in [-0.1, -0.05) is 60.7 Å². The highest BCUT2D eigenvalue weighted by Crippen LogP contribution is 2.47. The lowest BCUT2D eigenvalue weighted by molar-refractivity contribution is 0.107.